The highest BCUT2D eigenvalue weighted by Crippen LogP contribution is 2.27. The van der Waals surface area contributed by atoms with Crippen molar-refractivity contribution in [2.45, 2.75) is 6.42 Å². The largest absolute Gasteiger partial charge is 0.493 e. The molecule has 0 bridgehead atoms. The van der Waals surface area contributed by atoms with Crippen molar-refractivity contribution < 1.29 is 24.0 Å². The van der Waals surface area contributed by atoms with Gasteiger partial charge in [-0.1, -0.05) is 18.2 Å². The summed E-state index contributed by atoms with van der Waals surface area (Å²) < 4.78 is 10.6. The number of esters is 1. The van der Waals surface area contributed by atoms with Gasteiger partial charge in [-0.3, -0.25) is 19.7 Å². The molecule has 0 aliphatic rings. The van der Waals surface area contributed by atoms with Crippen molar-refractivity contribution in [3.05, 3.63) is 63.1 Å². The maximum atomic E-state index is 11.8. The third-order valence-electron chi connectivity index (χ3n) is 3.12. The molecule has 0 fully saturated rings. The van der Waals surface area contributed by atoms with Crippen LogP contribution in [0.5, 0.6) is 5.75 Å². The molecule has 1 amide bonds. The van der Waals surface area contributed by atoms with Crippen molar-refractivity contribution in [2.24, 2.45) is 0 Å². The third-order valence-corrected chi connectivity index (χ3v) is 3.78. The molecule has 0 radical (unpaired) electrons. The maximum absolute atomic E-state index is 11.8. The van der Waals surface area contributed by atoms with Crippen LogP contribution in [0.2, 0.25) is 0 Å². The summed E-state index contributed by atoms with van der Waals surface area (Å²) in [4.78, 5) is 33.5. The second-order valence-corrected chi connectivity index (χ2v) is 5.90. The molecule has 136 valence electrons. The minimum absolute atomic E-state index is 0.00337. The number of halogens is 1. The zero-order valence-electron chi connectivity index (χ0n) is 13.5. The zero-order valence-corrected chi connectivity index (χ0v) is 15.1. The summed E-state index contributed by atoms with van der Waals surface area (Å²) in [5.41, 5.74) is 0.226. The molecule has 9 heteroatoms. The highest BCUT2D eigenvalue weighted by Gasteiger charge is 2.13. The highest BCUT2D eigenvalue weighted by molar-refractivity contribution is 9.10. The summed E-state index contributed by atoms with van der Waals surface area (Å²) in [6.07, 6.45) is 0.00337. The molecule has 0 unspecified atom stereocenters. The van der Waals surface area contributed by atoms with Crippen LogP contribution in [0.3, 0.4) is 0 Å². The quantitative estimate of drug-likeness (QED) is 0.397. The summed E-state index contributed by atoms with van der Waals surface area (Å²) in [7, 11) is 0. The number of benzene rings is 2. The van der Waals surface area contributed by atoms with E-state index in [1.807, 2.05) is 18.2 Å². The molecule has 8 nitrogen and oxygen atoms in total. The number of ether oxygens (including phenoxy) is 2. The first-order valence-corrected chi connectivity index (χ1v) is 8.32. The number of nitrogens with zero attached hydrogens (tertiary/aromatic N) is 1. The van der Waals surface area contributed by atoms with Crippen molar-refractivity contribution in [2.75, 3.05) is 18.5 Å². The van der Waals surface area contributed by atoms with Crippen LogP contribution in [-0.2, 0) is 14.3 Å². The Bertz CT molecular complexity index is 797. The van der Waals surface area contributed by atoms with E-state index >= 15 is 0 Å². The molecule has 0 saturated heterocycles. The molecule has 0 aromatic heterocycles. The number of anilines is 1. The molecular weight excluding hydrogens is 408 g/mol. The number of carbonyl (C=O) groups is 2. The molecule has 0 aliphatic heterocycles. The zero-order chi connectivity index (χ0) is 18.9. The first-order valence-electron chi connectivity index (χ1n) is 7.53. The Morgan fingerprint density at radius 1 is 1.15 bits per heavy atom. The van der Waals surface area contributed by atoms with Crippen LogP contribution in [0.15, 0.2) is 53.0 Å². The fourth-order valence-corrected chi connectivity index (χ4v) is 2.36. The number of para-hydroxylation sites is 1. The Hall–Kier alpha value is -2.94. The molecule has 0 atom stereocenters. The van der Waals surface area contributed by atoms with Gasteiger partial charge in [0.1, 0.15) is 5.75 Å². The molecule has 0 aliphatic carbocycles. The van der Waals surface area contributed by atoms with Gasteiger partial charge < -0.3 is 14.8 Å². The molecule has 2 rings (SSSR count). The summed E-state index contributed by atoms with van der Waals surface area (Å²) in [6.45, 7) is -0.327. The smallest absolute Gasteiger partial charge is 0.309 e. The van der Waals surface area contributed by atoms with E-state index in [9.17, 15) is 19.7 Å². The van der Waals surface area contributed by atoms with Crippen molar-refractivity contribution >= 4 is 39.2 Å². The molecule has 0 saturated carbocycles. The van der Waals surface area contributed by atoms with Crippen LogP contribution in [0, 0.1) is 10.1 Å². The van der Waals surface area contributed by atoms with E-state index in [1.165, 1.54) is 18.2 Å². The van der Waals surface area contributed by atoms with Gasteiger partial charge in [-0.05, 0) is 34.1 Å². The number of carbonyl (C=O) groups excluding carboxylic acids is 2. The number of nitro benzene ring substituents is 1. The van der Waals surface area contributed by atoms with E-state index in [1.54, 1.807) is 12.1 Å². The van der Waals surface area contributed by atoms with Gasteiger partial charge in [0.05, 0.1) is 23.6 Å². The fraction of sp³-hybridized carbons (Fsp3) is 0.176. The van der Waals surface area contributed by atoms with Crippen molar-refractivity contribution in [3.63, 3.8) is 0 Å². The van der Waals surface area contributed by atoms with Gasteiger partial charge in [0, 0.05) is 16.6 Å². The first kappa shape index (κ1) is 19.4. The second-order valence-electron chi connectivity index (χ2n) is 5.04. The lowest BCUT2D eigenvalue weighted by atomic mass is 10.3. The standard InChI is InChI=1S/C17H15BrN2O6/c18-14-10-12(20(23)24)6-7-15(14)19-16(21)11-26-17(22)8-9-25-13-4-2-1-3-5-13/h1-7,10H,8-9,11H2,(H,19,21). The van der Waals surface area contributed by atoms with Gasteiger partial charge in [-0.25, -0.2) is 0 Å². The predicted molar refractivity (Wildman–Crippen MR) is 96.9 cm³/mol. The lowest BCUT2D eigenvalue weighted by Gasteiger charge is -2.09. The molecule has 26 heavy (non-hydrogen) atoms. The number of hydrogen-bond acceptors (Lipinski definition) is 6. The topological polar surface area (TPSA) is 108 Å². The predicted octanol–water partition coefficient (Wildman–Crippen LogP) is 3.31. The molecule has 0 heterocycles. The van der Waals surface area contributed by atoms with Gasteiger partial charge >= 0.3 is 5.97 Å². The van der Waals surface area contributed by atoms with Crippen LogP contribution in [0.4, 0.5) is 11.4 Å². The van der Waals surface area contributed by atoms with Gasteiger partial charge in [0.25, 0.3) is 11.6 Å². The molecule has 2 aromatic carbocycles. The van der Waals surface area contributed by atoms with Crippen LogP contribution < -0.4 is 10.1 Å². The van der Waals surface area contributed by atoms with Crippen LogP contribution in [0.1, 0.15) is 6.42 Å². The van der Waals surface area contributed by atoms with Crippen LogP contribution in [0.25, 0.3) is 0 Å². The SMILES string of the molecule is O=C(COC(=O)CCOc1ccccc1)Nc1ccc([N+](=O)[O-])cc1Br. The van der Waals surface area contributed by atoms with E-state index in [-0.39, 0.29) is 18.7 Å². The minimum atomic E-state index is -0.571. The van der Waals surface area contributed by atoms with Crippen molar-refractivity contribution in [1.29, 1.82) is 0 Å². The summed E-state index contributed by atoms with van der Waals surface area (Å²) in [5, 5.41) is 13.2. The number of rotatable bonds is 8. The molecular formula is C17H15BrN2O6. The number of non-ortho nitro benzene ring substituents is 1. The second kappa shape index (κ2) is 9.52. The third kappa shape index (κ3) is 6.17. The summed E-state index contributed by atoms with van der Waals surface area (Å²) >= 11 is 3.14. The molecule has 0 spiro atoms. The number of hydrogen-bond donors (Lipinski definition) is 1. The molecule has 1 N–H and O–H groups in total. The Morgan fingerprint density at radius 3 is 2.54 bits per heavy atom. The fourth-order valence-electron chi connectivity index (χ4n) is 1.89. The van der Waals surface area contributed by atoms with Gasteiger partial charge in [-0.15, -0.1) is 0 Å². The van der Waals surface area contributed by atoms with E-state index in [0.29, 0.717) is 15.9 Å². The lowest BCUT2D eigenvalue weighted by Crippen LogP contribution is -2.21. The number of amides is 1. The Kier molecular flexibility index (Phi) is 7.10. The average molecular weight is 423 g/mol. The van der Waals surface area contributed by atoms with E-state index < -0.39 is 23.4 Å². The monoisotopic (exact) mass is 422 g/mol. The van der Waals surface area contributed by atoms with Crippen LogP contribution in [-0.4, -0.2) is 30.0 Å². The van der Waals surface area contributed by atoms with Crippen LogP contribution >= 0.6 is 15.9 Å². The Labute approximate surface area is 157 Å². The van der Waals surface area contributed by atoms with E-state index in [2.05, 4.69) is 21.2 Å². The minimum Gasteiger partial charge on any atom is -0.493 e. The van der Waals surface area contributed by atoms with Gasteiger partial charge in [-0.2, -0.15) is 0 Å². The Balaban J connectivity index is 1.72. The van der Waals surface area contributed by atoms with Gasteiger partial charge in [0.15, 0.2) is 6.61 Å². The summed E-state index contributed by atoms with van der Waals surface area (Å²) in [6, 6.07) is 12.9. The number of nitro groups is 1. The first-order chi connectivity index (χ1) is 12.5. The van der Waals surface area contributed by atoms with Crippen molar-refractivity contribution in [3.8, 4) is 5.75 Å². The average Bonchev–Trinajstić information content (AvgIpc) is 2.62. The summed E-state index contributed by atoms with van der Waals surface area (Å²) in [5.74, 6) is -0.489. The van der Waals surface area contributed by atoms with E-state index in [0.717, 1.165) is 0 Å². The normalized spacial score (nSPS) is 10.0. The van der Waals surface area contributed by atoms with Gasteiger partial charge in [0.2, 0.25) is 0 Å². The number of nitrogens with one attached hydrogen (secondary N) is 1. The Morgan fingerprint density at radius 2 is 1.88 bits per heavy atom. The van der Waals surface area contributed by atoms with Crippen molar-refractivity contribution in [1.82, 2.24) is 0 Å². The highest BCUT2D eigenvalue weighted by atomic mass is 79.9. The lowest BCUT2D eigenvalue weighted by molar-refractivity contribution is -0.384. The molecule has 2 aromatic rings. The van der Waals surface area contributed by atoms with E-state index in [4.69, 9.17) is 9.47 Å². The maximum Gasteiger partial charge on any atom is 0.309 e.